The molecule has 0 saturated heterocycles. The van der Waals surface area contributed by atoms with Crippen LogP contribution in [0.15, 0.2) is 101 Å². The van der Waals surface area contributed by atoms with Crippen molar-refractivity contribution in [3.8, 4) is 0 Å². The van der Waals surface area contributed by atoms with Crippen molar-refractivity contribution in [2.45, 2.75) is 19.6 Å². The first-order chi connectivity index (χ1) is 17.0. The number of hydrogen-bond donors (Lipinski definition) is 2. The minimum atomic E-state index is -0.267. The molecular formula is C27H23N5O3. The van der Waals surface area contributed by atoms with Crippen molar-refractivity contribution in [2.24, 2.45) is 0 Å². The van der Waals surface area contributed by atoms with Crippen molar-refractivity contribution in [3.63, 3.8) is 0 Å². The van der Waals surface area contributed by atoms with Gasteiger partial charge in [-0.25, -0.2) is 4.98 Å². The topological polar surface area (TPSA) is 102 Å². The molecule has 0 bridgehead atoms. The van der Waals surface area contributed by atoms with Gasteiger partial charge in [-0.05, 0) is 41.0 Å². The summed E-state index contributed by atoms with van der Waals surface area (Å²) < 4.78 is 3.15. The van der Waals surface area contributed by atoms with Crippen LogP contribution in [0.25, 0.3) is 11.0 Å². The van der Waals surface area contributed by atoms with Crippen LogP contribution in [0.1, 0.15) is 27.0 Å². The Kier molecular flexibility index (Phi) is 6.09. The number of aromatic nitrogens is 4. The van der Waals surface area contributed by atoms with Gasteiger partial charge in [-0.2, -0.15) is 0 Å². The summed E-state index contributed by atoms with van der Waals surface area (Å²) in [5.41, 5.74) is 3.74. The normalized spacial score (nSPS) is 11.0. The van der Waals surface area contributed by atoms with E-state index in [1.807, 2.05) is 48.7 Å². The second-order valence-corrected chi connectivity index (χ2v) is 8.31. The highest BCUT2D eigenvalue weighted by Crippen LogP contribution is 2.12. The zero-order valence-corrected chi connectivity index (χ0v) is 18.8. The molecule has 5 aromatic rings. The zero-order valence-electron chi connectivity index (χ0n) is 18.8. The van der Waals surface area contributed by atoms with E-state index in [4.69, 9.17) is 0 Å². The Morgan fingerprint density at radius 1 is 0.857 bits per heavy atom. The van der Waals surface area contributed by atoms with E-state index in [0.717, 1.165) is 27.7 Å². The molecule has 0 aliphatic heterocycles. The first-order valence-electron chi connectivity index (χ1n) is 11.2. The minimum Gasteiger partial charge on any atom is -0.348 e. The van der Waals surface area contributed by atoms with Gasteiger partial charge in [-0.3, -0.25) is 14.4 Å². The molecule has 1 aromatic carbocycles. The number of amides is 1. The van der Waals surface area contributed by atoms with Crippen LogP contribution in [-0.4, -0.2) is 25.0 Å². The predicted molar refractivity (Wildman–Crippen MR) is 133 cm³/mol. The van der Waals surface area contributed by atoms with Gasteiger partial charge < -0.3 is 19.4 Å². The van der Waals surface area contributed by atoms with Gasteiger partial charge >= 0.3 is 0 Å². The fraction of sp³-hybridized carbons (Fsp3) is 0.111. The lowest BCUT2D eigenvalue weighted by Gasteiger charge is -2.10. The molecule has 0 fully saturated rings. The number of carbonyl (C=O) groups is 1. The fourth-order valence-electron chi connectivity index (χ4n) is 3.89. The lowest BCUT2D eigenvalue weighted by molar-refractivity contribution is 0.0950. The third-order valence-electron chi connectivity index (χ3n) is 5.78. The van der Waals surface area contributed by atoms with Crippen LogP contribution >= 0.6 is 0 Å². The SMILES string of the molecule is O=C(NCc1cnc2[nH]ccc2c1)c1ccc(=O)n(Cc2ccc(Cn3ccccc3=O)cc2)c1. The van der Waals surface area contributed by atoms with Crippen LogP contribution in [-0.2, 0) is 19.6 Å². The van der Waals surface area contributed by atoms with Crippen molar-refractivity contribution < 1.29 is 4.79 Å². The molecular weight excluding hydrogens is 442 g/mol. The molecule has 0 spiro atoms. The molecule has 8 nitrogen and oxygen atoms in total. The van der Waals surface area contributed by atoms with Gasteiger partial charge in [0.2, 0.25) is 0 Å². The van der Waals surface area contributed by atoms with Crippen LogP contribution in [0.4, 0.5) is 0 Å². The van der Waals surface area contributed by atoms with Gasteiger partial charge in [0.25, 0.3) is 17.0 Å². The molecule has 174 valence electrons. The maximum absolute atomic E-state index is 12.7. The number of aromatic amines is 1. The molecule has 0 unspecified atom stereocenters. The monoisotopic (exact) mass is 465 g/mol. The Hall–Kier alpha value is -4.72. The summed E-state index contributed by atoms with van der Waals surface area (Å²) in [4.78, 5) is 44.4. The van der Waals surface area contributed by atoms with Gasteiger partial charge in [0.1, 0.15) is 5.65 Å². The van der Waals surface area contributed by atoms with Crippen LogP contribution in [0, 0.1) is 0 Å². The van der Waals surface area contributed by atoms with Crippen molar-refractivity contribution in [1.29, 1.82) is 0 Å². The molecule has 0 radical (unpaired) electrons. The number of fused-ring (bicyclic) bond motifs is 1. The molecule has 4 aromatic heterocycles. The van der Waals surface area contributed by atoms with E-state index >= 15 is 0 Å². The molecule has 8 heteroatoms. The van der Waals surface area contributed by atoms with Crippen LogP contribution in [0.3, 0.4) is 0 Å². The Morgan fingerprint density at radius 2 is 1.60 bits per heavy atom. The Labute approximate surface area is 200 Å². The van der Waals surface area contributed by atoms with Crippen LogP contribution in [0.5, 0.6) is 0 Å². The average Bonchev–Trinajstić information content (AvgIpc) is 3.34. The number of nitrogens with zero attached hydrogens (tertiary/aromatic N) is 3. The standard InChI is InChI=1S/C27H23N5O3/c33-24-3-1-2-12-31(24)16-19-4-6-20(7-5-19)17-32-18-23(8-9-25(32)34)27(35)30-15-21-13-22-10-11-28-26(22)29-14-21/h1-14,18H,15-17H2,(H,28,29)(H,30,35). The highest BCUT2D eigenvalue weighted by molar-refractivity contribution is 5.93. The predicted octanol–water partition coefficient (Wildman–Crippen LogP) is 2.91. The van der Waals surface area contributed by atoms with E-state index in [1.165, 1.54) is 22.8 Å². The van der Waals surface area contributed by atoms with Gasteiger partial charge in [0.05, 0.1) is 18.7 Å². The number of nitrogens with one attached hydrogen (secondary N) is 2. The Morgan fingerprint density at radius 3 is 2.37 bits per heavy atom. The summed E-state index contributed by atoms with van der Waals surface area (Å²) in [5, 5.41) is 3.86. The largest absolute Gasteiger partial charge is 0.348 e. The number of rotatable bonds is 7. The summed E-state index contributed by atoms with van der Waals surface area (Å²) in [5.74, 6) is -0.267. The zero-order chi connectivity index (χ0) is 24.2. The van der Waals surface area contributed by atoms with Gasteiger partial charge in [-0.15, -0.1) is 0 Å². The molecule has 1 amide bonds. The number of H-pyrrole nitrogens is 1. The third-order valence-corrected chi connectivity index (χ3v) is 5.78. The van der Waals surface area contributed by atoms with E-state index in [1.54, 1.807) is 29.2 Å². The van der Waals surface area contributed by atoms with E-state index in [9.17, 15) is 14.4 Å². The molecule has 35 heavy (non-hydrogen) atoms. The Balaban J connectivity index is 1.25. The lowest BCUT2D eigenvalue weighted by Crippen LogP contribution is -2.26. The summed E-state index contributed by atoms with van der Waals surface area (Å²) >= 11 is 0. The summed E-state index contributed by atoms with van der Waals surface area (Å²) in [6.07, 6.45) is 6.86. The number of hydrogen-bond acceptors (Lipinski definition) is 4. The third kappa shape index (κ3) is 5.11. The van der Waals surface area contributed by atoms with Crippen LogP contribution in [0.2, 0.25) is 0 Å². The van der Waals surface area contributed by atoms with E-state index in [0.29, 0.717) is 25.2 Å². The molecule has 0 aliphatic rings. The smallest absolute Gasteiger partial charge is 0.253 e. The molecule has 0 aliphatic carbocycles. The van der Waals surface area contributed by atoms with Crippen molar-refractivity contribution in [1.82, 2.24) is 24.4 Å². The lowest BCUT2D eigenvalue weighted by atomic mass is 10.1. The summed E-state index contributed by atoms with van der Waals surface area (Å²) in [6.45, 7) is 1.14. The molecule has 2 N–H and O–H groups in total. The molecule has 4 heterocycles. The van der Waals surface area contributed by atoms with E-state index < -0.39 is 0 Å². The average molecular weight is 466 g/mol. The Bertz CT molecular complexity index is 1610. The van der Waals surface area contributed by atoms with E-state index in [2.05, 4.69) is 15.3 Å². The number of pyridine rings is 3. The maximum Gasteiger partial charge on any atom is 0.253 e. The first-order valence-corrected chi connectivity index (χ1v) is 11.2. The van der Waals surface area contributed by atoms with Crippen molar-refractivity contribution >= 4 is 16.9 Å². The molecule has 0 atom stereocenters. The number of carbonyl (C=O) groups excluding carboxylic acids is 1. The highest BCUT2D eigenvalue weighted by Gasteiger charge is 2.09. The fourth-order valence-corrected chi connectivity index (χ4v) is 3.89. The van der Waals surface area contributed by atoms with Crippen LogP contribution < -0.4 is 16.4 Å². The van der Waals surface area contributed by atoms with Gasteiger partial charge in [0, 0.05) is 48.9 Å². The highest BCUT2D eigenvalue weighted by atomic mass is 16.2. The second kappa shape index (κ2) is 9.64. The van der Waals surface area contributed by atoms with Gasteiger partial charge in [-0.1, -0.05) is 30.3 Å². The van der Waals surface area contributed by atoms with Crippen molar-refractivity contribution in [3.05, 3.63) is 134 Å². The molecule has 0 saturated carbocycles. The maximum atomic E-state index is 12.7. The molecule has 5 rings (SSSR count). The summed E-state index contributed by atoms with van der Waals surface area (Å²) in [6, 6.07) is 19.6. The van der Waals surface area contributed by atoms with Gasteiger partial charge in [0.15, 0.2) is 0 Å². The second-order valence-electron chi connectivity index (χ2n) is 8.31. The quantitative estimate of drug-likeness (QED) is 0.386. The van der Waals surface area contributed by atoms with E-state index in [-0.39, 0.29) is 17.0 Å². The first kappa shape index (κ1) is 22.1. The number of benzene rings is 1. The summed E-state index contributed by atoms with van der Waals surface area (Å²) in [7, 11) is 0. The van der Waals surface area contributed by atoms with Crippen molar-refractivity contribution in [2.75, 3.05) is 0 Å². The minimum absolute atomic E-state index is 0.0560.